The van der Waals surface area contributed by atoms with Crippen LogP contribution >= 0.6 is 0 Å². The van der Waals surface area contributed by atoms with Gasteiger partial charge in [-0.2, -0.15) is 0 Å². The molecule has 25 heavy (non-hydrogen) atoms. The second-order valence-corrected chi connectivity index (χ2v) is 6.41. The van der Waals surface area contributed by atoms with Crippen molar-refractivity contribution in [3.63, 3.8) is 0 Å². The van der Waals surface area contributed by atoms with E-state index in [1.807, 2.05) is 0 Å². The van der Waals surface area contributed by atoms with Gasteiger partial charge in [0.2, 0.25) is 5.91 Å². The first kappa shape index (κ1) is 20.2. The summed E-state index contributed by atoms with van der Waals surface area (Å²) >= 11 is 0. The van der Waals surface area contributed by atoms with Gasteiger partial charge in [-0.25, -0.2) is 4.79 Å². The monoisotopic (exact) mass is 353 g/mol. The summed E-state index contributed by atoms with van der Waals surface area (Å²) < 4.78 is 10.6. The van der Waals surface area contributed by atoms with Crippen molar-refractivity contribution >= 4 is 17.7 Å². The maximum absolute atomic E-state index is 11.8. The van der Waals surface area contributed by atoms with Gasteiger partial charge in [-0.1, -0.05) is 0 Å². The number of nitro benzene ring substituents is 1. The molecule has 0 aliphatic rings. The van der Waals surface area contributed by atoms with Gasteiger partial charge in [0.1, 0.15) is 5.60 Å². The van der Waals surface area contributed by atoms with E-state index in [4.69, 9.17) is 15.2 Å². The van der Waals surface area contributed by atoms with E-state index in [9.17, 15) is 19.7 Å². The van der Waals surface area contributed by atoms with Gasteiger partial charge in [0.25, 0.3) is 0 Å². The van der Waals surface area contributed by atoms with E-state index in [1.165, 1.54) is 23.1 Å². The number of amides is 2. The number of nitrogens with two attached hydrogens (primary N) is 1. The first-order chi connectivity index (χ1) is 11.5. The molecule has 9 nitrogen and oxygen atoms in total. The van der Waals surface area contributed by atoms with Crippen LogP contribution in [0, 0.1) is 10.1 Å². The van der Waals surface area contributed by atoms with Crippen LogP contribution < -0.4 is 10.5 Å². The van der Waals surface area contributed by atoms with E-state index < -0.39 is 22.5 Å². The number of benzene rings is 1. The molecule has 0 heterocycles. The van der Waals surface area contributed by atoms with Crippen molar-refractivity contribution in [2.45, 2.75) is 32.8 Å². The van der Waals surface area contributed by atoms with Crippen LogP contribution in [0.2, 0.25) is 0 Å². The molecule has 1 aromatic carbocycles. The molecule has 1 aromatic rings. The van der Waals surface area contributed by atoms with Crippen LogP contribution in [0.4, 0.5) is 10.5 Å². The highest BCUT2D eigenvalue weighted by Gasteiger charge is 2.20. The van der Waals surface area contributed by atoms with Crippen molar-refractivity contribution in [3.05, 3.63) is 33.9 Å². The molecule has 0 unspecified atom stereocenters. The lowest BCUT2D eigenvalue weighted by molar-refractivity contribution is -0.385. The largest absolute Gasteiger partial charge is 0.487 e. The minimum atomic E-state index is -0.704. The van der Waals surface area contributed by atoms with Gasteiger partial charge in [0.05, 0.1) is 11.5 Å². The zero-order valence-corrected chi connectivity index (χ0v) is 14.8. The third-order valence-corrected chi connectivity index (χ3v) is 3.04. The van der Waals surface area contributed by atoms with Crippen molar-refractivity contribution in [2.75, 3.05) is 20.2 Å². The molecule has 0 spiro atoms. The minimum absolute atomic E-state index is 0.0405. The van der Waals surface area contributed by atoms with E-state index in [0.29, 0.717) is 13.0 Å². The third-order valence-electron chi connectivity index (χ3n) is 3.04. The molecule has 1 rings (SSSR count). The molecule has 138 valence electrons. The Balaban J connectivity index is 2.61. The first-order valence-electron chi connectivity index (χ1n) is 7.66. The summed E-state index contributed by atoms with van der Waals surface area (Å²) in [6.07, 6.45) is -0.0394. The van der Waals surface area contributed by atoms with Crippen LogP contribution in [0.5, 0.6) is 5.75 Å². The number of ether oxygens (including phenoxy) is 2. The highest BCUT2D eigenvalue weighted by atomic mass is 16.6. The normalized spacial score (nSPS) is 10.9. The summed E-state index contributed by atoms with van der Waals surface area (Å²) in [5.41, 5.74) is 4.44. The molecule has 0 aromatic heterocycles. The fourth-order valence-electron chi connectivity index (χ4n) is 1.85. The predicted octanol–water partition coefficient (Wildman–Crippen LogP) is 2.33. The summed E-state index contributed by atoms with van der Waals surface area (Å²) in [5, 5.41) is 11.0. The van der Waals surface area contributed by atoms with Gasteiger partial charge in [-0.05, 0) is 33.3 Å². The van der Waals surface area contributed by atoms with Crippen molar-refractivity contribution in [2.24, 2.45) is 5.73 Å². The molecular formula is C16H23N3O6. The van der Waals surface area contributed by atoms with Crippen molar-refractivity contribution < 1.29 is 24.0 Å². The standard InChI is InChI=1S/C16H23N3O6/c1-16(2,3)25-15(21)18(4)8-5-9-24-13-10-11(14(17)20)6-7-12(13)19(22)23/h6-7,10H,5,8-9H2,1-4H3,(H2,17,20). The Morgan fingerprint density at radius 3 is 2.48 bits per heavy atom. The van der Waals surface area contributed by atoms with Gasteiger partial charge in [0.15, 0.2) is 5.75 Å². The Kier molecular flexibility index (Phi) is 6.72. The van der Waals surface area contributed by atoms with Crippen LogP contribution in [0.15, 0.2) is 18.2 Å². The summed E-state index contributed by atoms with van der Waals surface area (Å²) in [6.45, 7) is 5.78. The van der Waals surface area contributed by atoms with Gasteiger partial charge in [-0.15, -0.1) is 0 Å². The smallest absolute Gasteiger partial charge is 0.410 e. The fourth-order valence-corrected chi connectivity index (χ4v) is 1.85. The Morgan fingerprint density at radius 1 is 1.32 bits per heavy atom. The molecule has 2 N–H and O–H groups in total. The van der Waals surface area contributed by atoms with Crippen LogP contribution in [0.25, 0.3) is 0 Å². The second kappa shape index (κ2) is 8.32. The second-order valence-electron chi connectivity index (χ2n) is 6.41. The summed E-state index contributed by atoms with van der Waals surface area (Å²) in [7, 11) is 1.59. The lowest BCUT2D eigenvalue weighted by Crippen LogP contribution is -2.35. The lowest BCUT2D eigenvalue weighted by Gasteiger charge is -2.24. The van der Waals surface area contributed by atoms with Crippen LogP contribution in [0.3, 0.4) is 0 Å². The van der Waals surface area contributed by atoms with E-state index in [1.54, 1.807) is 27.8 Å². The van der Waals surface area contributed by atoms with E-state index in [-0.39, 0.29) is 23.6 Å². The number of rotatable bonds is 7. The molecule has 0 atom stereocenters. The average molecular weight is 353 g/mol. The Hall–Kier alpha value is -2.84. The predicted molar refractivity (Wildman–Crippen MR) is 90.6 cm³/mol. The molecule has 2 amide bonds. The molecule has 0 aliphatic carbocycles. The number of hydrogen-bond donors (Lipinski definition) is 1. The number of primary amides is 1. The van der Waals surface area contributed by atoms with Crippen molar-refractivity contribution in [3.8, 4) is 5.75 Å². The Morgan fingerprint density at radius 2 is 1.96 bits per heavy atom. The van der Waals surface area contributed by atoms with Crippen LogP contribution in [-0.4, -0.2) is 47.6 Å². The number of nitro groups is 1. The third kappa shape index (κ3) is 6.66. The number of carbonyl (C=O) groups is 2. The highest BCUT2D eigenvalue weighted by Crippen LogP contribution is 2.28. The molecule has 0 aliphatic heterocycles. The quantitative estimate of drug-likeness (QED) is 0.455. The van der Waals surface area contributed by atoms with Crippen molar-refractivity contribution in [1.82, 2.24) is 4.90 Å². The van der Waals surface area contributed by atoms with E-state index in [0.717, 1.165) is 0 Å². The van der Waals surface area contributed by atoms with Gasteiger partial charge in [0, 0.05) is 31.3 Å². The maximum Gasteiger partial charge on any atom is 0.410 e. The SMILES string of the molecule is CN(CCCOc1cc(C(N)=O)ccc1[N+](=O)[O-])C(=O)OC(C)(C)C. The molecule has 0 bridgehead atoms. The molecule has 0 saturated heterocycles. The van der Waals surface area contributed by atoms with Crippen LogP contribution in [-0.2, 0) is 4.74 Å². The lowest BCUT2D eigenvalue weighted by atomic mass is 10.2. The van der Waals surface area contributed by atoms with Gasteiger partial charge < -0.3 is 20.1 Å². The van der Waals surface area contributed by atoms with Gasteiger partial charge >= 0.3 is 11.8 Å². The Labute approximate surface area is 145 Å². The van der Waals surface area contributed by atoms with E-state index in [2.05, 4.69) is 0 Å². The zero-order chi connectivity index (χ0) is 19.2. The van der Waals surface area contributed by atoms with Gasteiger partial charge in [-0.3, -0.25) is 14.9 Å². The molecule has 9 heteroatoms. The van der Waals surface area contributed by atoms with Crippen LogP contribution in [0.1, 0.15) is 37.6 Å². The Bertz CT molecular complexity index is 654. The molecular weight excluding hydrogens is 330 g/mol. The highest BCUT2D eigenvalue weighted by molar-refractivity contribution is 5.93. The molecule has 0 saturated carbocycles. The molecule has 0 fully saturated rings. The van der Waals surface area contributed by atoms with Crippen molar-refractivity contribution in [1.29, 1.82) is 0 Å². The molecule has 0 radical (unpaired) electrons. The minimum Gasteiger partial charge on any atom is -0.487 e. The average Bonchev–Trinajstić information content (AvgIpc) is 2.49. The topological polar surface area (TPSA) is 125 Å². The summed E-state index contributed by atoms with van der Waals surface area (Å²) in [5.74, 6) is -0.745. The maximum atomic E-state index is 11.8. The summed E-state index contributed by atoms with van der Waals surface area (Å²) in [4.78, 5) is 34.8. The number of nitrogens with zero attached hydrogens (tertiary/aromatic N) is 2. The fraction of sp³-hybridized carbons (Fsp3) is 0.500. The number of carbonyl (C=O) groups excluding carboxylic acids is 2. The van der Waals surface area contributed by atoms with E-state index >= 15 is 0 Å². The first-order valence-corrected chi connectivity index (χ1v) is 7.66. The number of hydrogen-bond acceptors (Lipinski definition) is 6. The zero-order valence-electron chi connectivity index (χ0n) is 14.8. The summed E-state index contributed by atoms with van der Waals surface area (Å²) in [6, 6.07) is 3.67.